The van der Waals surface area contributed by atoms with Crippen LogP contribution in [-0.2, 0) is 6.54 Å². The highest BCUT2D eigenvalue weighted by Gasteiger charge is 2.20. The molecule has 1 aliphatic rings. The molecule has 0 N–H and O–H groups in total. The van der Waals surface area contributed by atoms with Crippen LogP contribution in [0.5, 0.6) is 0 Å². The van der Waals surface area contributed by atoms with E-state index in [2.05, 4.69) is 25.1 Å². The molecule has 1 saturated heterocycles. The number of nitrogens with zero attached hydrogens (tertiary/aromatic N) is 4. The number of halogens is 1. The standard InChI is InChI=1S/C18H19FN4S/c1-13-10-15(19)3-2-14(13)11-22-5-7-23(8-6-22)18-17-16(4-9-24-17)20-12-21-18/h2-4,9-10,12H,5-8,11H2,1H3. The summed E-state index contributed by atoms with van der Waals surface area (Å²) in [5.74, 6) is 0.886. The first-order valence-electron chi connectivity index (χ1n) is 8.11. The Balaban J connectivity index is 1.44. The molecule has 2 aromatic heterocycles. The van der Waals surface area contributed by atoms with E-state index < -0.39 is 0 Å². The summed E-state index contributed by atoms with van der Waals surface area (Å²) in [5, 5.41) is 2.07. The number of rotatable bonds is 3. The Morgan fingerprint density at radius 1 is 1.12 bits per heavy atom. The lowest BCUT2D eigenvalue weighted by Gasteiger charge is -2.35. The largest absolute Gasteiger partial charge is 0.353 e. The maximum atomic E-state index is 13.2. The molecule has 0 radical (unpaired) electrons. The Morgan fingerprint density at radius 2 is 1.96 bits per heavy atom. The van der Waals surface area contributed by atoms with Crippen molar-refractivity contribution in [3.63, 3.8) is 0 Å². The third-order valence-electron chi connectivity index (χ3n) is 4.59. The van der Waals surface area contributed by atoms with E-state index in [4.69, 9.17) is 0 Å². The van der Waals surface area contributed by atoms with Gasteiger partial charge in [0.25, 0.3) is 0 Å². The second kappa shape index (κ2) is 6.45. The van der Waals surface area contributed by atoms with Crippen LogP contribution in [0.4, 0.5) is 10.2 Å². The monoisotopic (exact) mass is 342 g/mol. The smallest absolute Gasteiger partial charge is 0.150 e. The second-order valence-electron chi connectivity index (χ2n) is 6.17. The Bertz CT molecular complexity index is 855. The van der Waals surface area contributed by atoms with Gasteiger partial charge in [0.2, 0.25) is 0 Å². The molecule has 6 heteroatoms. The van der Waals surface area contributed by atoms with Crippen molar-refractivity contribution in [2.45, 2.75) is 13.5 Å². The van der Waals surface area contributed by atoms with Crippen LogP contribution in [-0.4, -0.2) is 41.0 Å². The van der Waals surface area contributed by atoms with Gasteiger partial charge in [-0.1, -0.05) is 6.07 Å². The number of fused-ring (bicyclic) bond motifs is 1. The van der Waals surface area contributed by atoms with Gasteiger partial charge >= 0.3 is 0 Å². The van der Waals surface area contributed by atoms with Crippen LogP contribution in [0.15, 0.2) is 36.0 Å². The third kappa shape index (κ3) is 2.99. The Hall–Kier alpha value is -2.05. The van der Waals surface area contributed by atoms with Gasteiger partial charge in [-0.05, 0) is 41.6 Å². The van der Waals surface area contributed by atoms with E-state index in [0.717, 1.165) is 49.6 Å². The zero-order valence-electron chi connectivity index (χ0n) is 13.6. The highest BCUT2D eigenvalue weighted by atomic mass is 32.1. The van der Waals surface area contributed by atoms with Gasteiger partial charge in [0, 0.05) is 32.7 Å². The van der Waals surface area contributed by atoms with Crippen LogP contribution in [0.25, 0.3) is 10.2 Å². The maximum Gasteiger partial charge on any atom is 0.150 e. The van der Waals surface area contributed by atoms with E-state index in [1.165, 1.54) is 10.3 Å². The number of hydrogen-bond acceptors (Lipinski definition) is 5. The topological polar surface area (TPSA) is 32.3 Å². The van der Waals surface area contributed by atoms with E-state index in [0.29, 0.717) is 0 Å². The van der Waals surface area contributed by atoms with E-state index in [9.17, 15) is 4.39 Å². The second-order valence-corrected chi connectivity index (χ2v) is 7.08. The van der Waals surface area contributed by atoms with Gasteiger partial charge < -0.3 is 4.90 Å². The molecule has 0 aliphatic carbocycles. The summed E-state index contributed by atoms with van der Waals surface area (Å²) in [6, 6.07) is 7.10. The normalized spacial score (nSPS) is 16.0. The molecule has 124 valence electrons. The Labute approximate surface area is 144 Å². The van der Waals surface area contributed by atoms with Gasteiger partial charge in [-0.25, -0.2) is 14.4 Å². The number of anilines is 1. The first-order chi connectivity index (χ1) is 11.7. The molecule has 3 aromatic rings. The van der Waals surface area contributed by atoms with Gasteiger partial charge in [-0.2, -0.15) is 0 Å². The third-order valence-corrected chi connectivity index (χ3v) is 5.49. The maximum absolute atomic E-state index is 13.2. The van der Waals surface area contributed by atoms with Crippen LogP contribution in [0.2, 0.25) is 0 Å². The quantitative estimate of drug-likeness (QED) is 0.730. The molecule has 4 rings (SSSR count). The molecule has 1 aromatic carbocycles. The lowest BCUT2D eigenvalue weighted by molar-refractivity contribution is 0.249. The highest BCUT2D eigenvalue weighted by molar-refractivity contribution is 7.17. The zero-order chi connectivity index (χ0) is 16.5. The summed E-state index contributed by atoms with van der Waals surface area (Å²) in [6.07, 6.45) is 1.65. The van der Waals surface area contributed by atoms with Crippen molar-refractivity contribution in [2.24, 2.45) is 0 Å². The minimum atomic E-state index is -0.162. The van der Waals surface area contributed by atoms with E-state index in [1.807, 2.05) is 19.1 Å². The Morgan fingerprint density at radius 3 is 2.75 bits per heavy atom. The van der Waals surface area contributed by atoms with Gasteiger partial charge in [0.1, 0.15) is 18.0 Å². The summed E-state index contributed by atoms with van der Waals surface area (Å²) >= 11 is 1.70. The van der Waals surface area contributed by atoms with Crippen LogP contribution in [0, 0.1) is 12.7 Å². The number of piperazine rings is 1. The SMILES string of the molecule is Cc1cc(F)ccc1CN1CCN(c2ncnc3ccsc23)CC1. The molecule has 1 aliphatic heterocycles. The summed E-state index contributed by atoms with van der Waals surface area (Å²) in [5.41, 5.74) is 3.25. The first kappa shape index (κ1) is 15.5. The van der Waals surface area contributed by atoms with Crippen molar-refractivity contribution in [3.8, 4) is 0 Å². The molecule has 0 unspecified atom stereocenters. The Kier molecular flexibility index (Phi) is 4.16. The molecule has 0 bridgehead atoms. The van der Waals surface area contributed by atoms with Gasteiger partial charge in [0.05, 0.1) is 10.2 Å². The van der Waals surface area contributed by atoms with Gasteiger partial charge in [0.15, 0.2) is 0 Å². The zero-order valence-corrected chi connectivity index (χ0v) is 14.4. The highest BCUT2D eigenvalue weighted by Crippen LogP contribution is 2.28. The van der Waals surface area contributed by atoms with Crippen molar-refractivity contribution in [3.05, 3.63) is 52.9 Å². The number of aryl methyl sites for hydroxylation is 1. The number of aromatic nitrogens is 2. The lowest BCUT2D eigenvalue weighted by Crippen LogP contribution is -2.46. The van der Waals surface area contributed by atoms with Gasteiger partial charge in [-0.3, -0.25) is 4.90 Å². The van der Waals surface area contributed by atoms with E-state index in [1.54, 1.807) is 29.8 Å². The van der Waals surface area contributed by atoms with Crippen molar-refractivity contribution in [2.75, 3.05) is 31.1 Å². The summed E-state index contributed by atoms with van der Waals surface area (Å²) in [6.45, 7) is 6.71. The van der Waals surface area contributed by atoms with Crippen LogP contribution in [0.3, 0.4) is 0 Å². The lowest BCUT2D eigenvalue weighted by atomic mass is 10.1. The molecule has 1 fully saturated rings. The average molecular weight is 342 g/mol. The molecule has 0 saturated carbocycles. The van der Waals surface area contributed by atoms with Crippen molar-refractivity contribution in [1.82, 2.24) is 14.9 Å². The van der Waals surface area contributed by atoms with Crippen molar-refractivity contribution >= 4 is 27.4 Å². The fourth-order valence-corrected chi connectivity index (χ4v) is 4.06. The molecule has 3 heterocycles. The van der Waals surface area contributed by atoms with Crippen molar-refractivity contribution in [1.29, 1.82) is 0 Å². The predicted molar refractivity (Wildman–Crippen MR) is 96.0 cm³/mol. The minimum Gasteiger partial charge on any atom is -0.353 e. The molecule has 4 nitrogen and oxygen atoms in total. The first-order valence-corrected chi connectivity index (χ1v) is 8.99. The van der Waals surface area contributed by atoms with Gasteiger partial charge in [-0.15, -0.1) is 11.3 Å². The summed E-state index contributed by atoms with van der Waals surface area (Å²) < 4.78 is 14.4. The number of thiophene rings is 1. The average Bonchev–Trinajstić information content (AvgIpc) is 3.07. The van der Waals surface area contributed by atoms with Crippen LogP contribution < -0.4 is 4.90 Å². The van der Waals surface area contributed by atoms with E-state index in [-0.39, 0.29) is 5.82 Å². The molecule has 0 atom stereocenters. The fourth-order valence-electron chi connectivity index (χ4n) is 3.20. The molecular weight excluding hydrogens is 323 g/mol. The predicted octanol–water partition coefficient (Wildman–Crippen LogP) is 3.46. The summed E-state index contributed by atoms with van der Waals surface area (Å²) in [4.78, 5) is 13.6. The molecular formula is C18H19FN4S. The fraction of sp³-hybridized carbons (Fsp3) is 0.333. The number of benzene rings is 1. The summed E-state index contributed by atoms with van der Waals surface area (Å²) in [7, 11) is 0. The number of hydrogen-bond donors (Lipinski definition) is 0. The van der Waals surface area contributed by atoms with Crippen LogP contribution in [0.1, 0.15) is 11.1 Å². The van der Waals surface area contributed by atoms with E-state index >= 15 is 0 Å². The minimum absolute atomic E-state index is 0.162. The van der Waals surface area contributed by atoms with Crippen LogP contribution >= 0.6 is 11.3 Å². The molecule has 0 spiro atoms. The molecule has 24 heavy (non-hydrogen) atoms. The molecule has 0 amide bonds. The van der Waals surface area contributed by atoms with Crippen molar-refractivity contribution < 1.29 is 4.39 Å².